The van der Waals surface area contributed by atoms with Crippen LogP contribution in [-0.4, -0.2) is 48.5 Å². The summed E-state index contributed by atoms with van der Waals surface area (Å²) in [5, 5.41) is 5.26. The van der Waals surface area contributed by atoms with Gasteiger partial charge in [0.2, 0.25) is 5.91 Å². The molecule has 1 aliphatic rings. The second-order valence-electron chi connectivity index (χ2n) is 7.22. The number of urea groups is 1. The van der Waals surface area contributed by atoms with Gasteiger partial charge in [-0.1, -0.05) is 31.2 Å². The Kier molecular flexibility index (Phi) is 8.63. The highest BCUT2D eigenvalue weighted by Crippen LogP contribution is 2.24. The van der Waals surface area contributed by atoms with Crippen LogP contribution in [-0.2, 0) is 25.5 Å². The lowest BCUT2D eigenvalue weighted by molar-refractivity contribution is -0.145. The maximum Gasteiger partial charge on any atom is 0.344 e. The Balaban J connectivity index is 1.65. The van der Waals surface area contributed by atoms with Crippen molar-refractivity contribution in [2.75, 3.05) is 25.1 Å². The SMILES string of the molecule is CCOC(=O)COc1ccc(/C=C2/NC(=O)N(CC(=O)Nc3ccccc3CC)C2=O)cc1I. The molecular weight excluding hydrogens is 553 g/mol. The number of nitrogens with zero attached hydrogens (tertiary/aromatic N) is 1. The number of benzene rings is 2. The van der Waals surface area contributed by atoms with Crippen molar-refractivity contribution in [2.45, 2.75) is 20.3 Å². The van der Waals surface area contributed by atoms with E-state index in [-0.39, 0.29) is 18.9 Å². The van der Waals surface area contributed by atoms with Crippen molar-refractivity contribution in [3.05, 3.63) is 62.9 Å². The molecule has 9 nitrogen and oxygen atoms in total. The number of hydrogen-bond donors (Lipinski definition) is 2. The number of esters is 1. The Morgan fingerprint density at radius 3 is 2.62 bits per heavy atom. The number of nitrogens with one attached hydrogen (secondary N) is 2. The number of anilines is 1. The molecule has 0 aromatic heterocycles. The van der Waals surface area contributed by atoms with E-state index in [1.807, 2.05) is 41.6 Å². The van der Waals surface area contributed by atoms with Gasteiger partial charge in [-0.15, -0.1) is 0 Å². The largest absolute Gasteiger partial charge is 0.481 e. The van der Waals surface area contributed by atoms with Crippen molar-refractivity contribution in [3.8, 4) is 5.75 Å². The van der Waals surface area contributed by atoms with Gasteiger partial charge in [-0.05, 0) is 71.3 Å². The van der Waals surface area contributed by atoms with Gasteiger partial charge < -0.3 is 20.1 Å². The van der Waals surface area contributed by atoms with E-state index in [2.05, 4.69) is 10.6 Å². The number of carbonyl (C=O) groups is 4. The third kappa shape index (κ3) is 6.34. The molecule has 0 spiro atoms. The molecule has 2 aromatic carbocycles. The molecule has 0 unspecified atom stereocenters. The van der Waals surface area contributed by atoms with Crippen LogP contribution in [0.4, 0.5) is 10.5 Å². The number of aryl methyl sites for hydroxylation is 1. The summed E-state index contributed by atoms with van der Waals surface area (Å²) in [5.74, 6) is -1.04. The Morgan fingerprint density at radius 1 is 1.15 bits per heavy atom. The zero-order chi connectivity index (χ0) is 24.7. The van der Waals surface area contributed by atoms with Crippen LogP contribution in [0.25, 0.3) is 6.08 Å². The zero-order valence-corrected chi connectivity index (χ0v) is 20.9. The molecule has 10 heteroatoms. The summed E-state index contributed by atoms with van der Waals surface area (Å²) in [6.07, 6.45) is 2.25. The van der Waals surface area contributed by atoms with Crippen LogP contribution in [0.3, 0.4) is 0 Å². The first-order valence-electron chi connectivity index (χ1n) is 10.6. The third-order valence-electron chi connectivity index (χ3n) is 4.85. The van der Waals surface area contributed by atoms with E-state index in [1.165, 1.54) is 6.08 Å². The number of amides is 4. The maximum absolute atomic E-state index is 12.7. The standard InChI is InChI=1S/C24H24IN3O6/c1-3-16-7-5-6-8-18(16)26-21(29)13-28-23(31)19(27-24(28)32)12-15-9-10-20(17(25)11-15)34-14-22(30)33-4-2/h5-12H,3-4,13-14H2,1-2H3,(H,26,29)(H,27,32)/b19-12+. The van der Waals surface area contributed by atoms with Crippen LogP contribution in [0.15, 0.2) is 48.2 Å². The topological polar surface area (TPSA) is 114 Å². The average molecular weight is 577 g/mol. The molecule has 0 bridgehead atoms. The molecule has 0 aliphatic carbocycles. The van der Waals surface area contributed by atoms with E-state index >= 15 is 0 Å². The Labute approximate surface area is 210 Å². The molecule has 1 fully saturated rings. The second-order valence-corrected chi connectivity index (χ2v) is 8.38. The van der Waals surface area contributed by atoms with Gasteiger partial charge in [-0.25, -0.2) is 14.5 Å². The van der Waals surface area contributed by atoms with Crippen molar-refractivity contribution in [1.29, 1.82) is 0 Å². The highest BCUT2D eigenvalue weighted by molar-refractivity contribution is 14.1. The predicted octanol–water partition coefficient (Wildman–Crippen LogP) is 3.33. The summed E-state index contributed by atoms with van der Waals surface area (Å²) in [7, 11) is 0. The number of imide groups is 1. The lowest BCUT2D eigenvalue weighted by atomic mass is 10.1. The lowest BCUT2D eigenvalue weighted by Crippen LogP contribution is -2.38. The molecule has 0 radical (unpaired) electrons. The van der Waals surface area contributed by atoms with E-state index in [1.54, 1.807) is 37.3 Å². The number of ether oxygens (including phenoxy) is 2. The van der Waals surface area contributed by atoms with Crippen LogP contribution in [0.2, 0.25) is 0 Å². The molecular formula is C24H24IN3O6. The van der Waals surface area contributed by atoms with E-state index in [4.69, 9.17) is 9.47 Å². The number of para-hydroxylation sites is 1. The molecule has 0 saturated carbocycles. The molecule has 0 atom stereocenters. The van der Waals surface area contributed by atoms with E-state index in [9.17, 15) is 19.2 Å². The smallest absolute Gasteiger partial charge is 0.344 e. The number of hydrogen-bond acceptors (Lipinski definition) is 6. The quantitative estimate of drug-likeness (QED) is 0.205. The third-order valence-corrected chi connectivity index (χ3v) is 5.70. The van der Waals surface area contributed by atoms with Crippen LogP contribution in [0.1, 0.15) is 25.0 Å². The van der Waals surface area contributed by atoms with Crippen molar-refractivity contribution in [2.24, 2.45) is 0 Å². The summed E-state index contributed by atoms with van der Waals surface area (Å²) in [6.45, 7) is 3.35. The first-order valence-corrected chi connectivity index (χ1v) is 11.7. The normalized spacial score (nSPS) is 14.2. The Hall–Kier alpha value is -3.41. The number of rotatable bonds is 9. The highest BCUT2D eigenvalue weighted by Gasteiger charge is 2.35. The van der Waals surface area contributed by atoms with Crippen LogP contribution >= 0.6 is 22.6 Å². The minimum atomic E-state index is -0.667. The summed E-state index contributed by atoms with van der Waals surface area (Å²) >= 11 is 2.04. The summed E-state index contributed by atoms with van der Waals surface area (Å²) < 4.78 is 11.0. The fourth-order valence-corrected chi connectivity index (χ4v) is 3.92. The average Bonchev–Trinajstić information content (AvgIpc) is 3.06. The highest BCUT2D eigenvalue weighted by atomic mass is 127. The van der Waals surface area contributed by atoms with Crippen LogP contribution < -0.4 is 15.4 Å². The molecule has 3 rings (SSSR count). The van der Waals surface area contributed by atoms with Gasteiger partial charge in [0.1, 0.15) is 18.0 Å². The molecule has 1 saturated heterocycles. The second kappa shape index (κ2) is 11.6. The van der Waals surface area contributed by atoms with E-state index in [0.717, 1.165) is 16.9 Å². The summed E-state index contributed by atoms with van der Waals surface area (Å²) in [4.78, 5) is 49.9. The van der Waals surface area contributed by atoms with Gasteiger partial charge in [0, 0.05) is 5.69 Å². The molecule has 2 N–H and O–H groups in total. The first-order chi connectivity index (χ1) is 16.3. The summed E-state index contributed by atoms with van der Waals surface area (Å²) in [5.41, 5.74) is 2.30. The fraction of sp³-hybridized carbons (Fsp3) is 0.250. The van der Waals surface area contributed by atoms with Gasteiger partial charge in [0.05, 0.1) is 10.2 Å². The summed E-state index contributed by atoms with van der Waals surface area (Å²) in [6, 6.07) is 11.8. The first kappa shape index (κ1) is 25.2. The van der Waals surface area contributed by atoms with E-state index in [0.29, 0.717) is 20.6 Å². The van der Waals surface area contributed by atoms with E-state index < -0.39 is 30.4 Å². The van der Waals surface area contributed by atoms with Crippen LogP contribution in [0, 0.1) is 3.57 Å². The molecule has 4 amide bonds. The van der Waals surface area contributed by atoms with Gasteiger partial charge in [-0.2, -0.15) is 0 Å². The van der Waals surface area contributed by atoms with Crippen molar-refractivity contribution < 1.29 is 28.7 Å². The van der Waals surface area contributed by atoms with Crippen molar-refractivity contribution >= 4 is 58.2 Å². The maximum atomic E-state index is 12.7. The zero-order valence-electron chi connectivity index (χ0n) is 18.7. The predicted molar refractivity (Wildman–Crippen MR) is 134 cm³/mol. The minimum Gasteiger partial charge on any atom is -0.481 e. The molecule has 1 heterocycles. The van der Waals surface area contributed by atoms with Crippen LogP contribution in [0.5, 0.6) is 5.75 Å². The van der Waals surface area contributed by atoms with Gasteiger partial charge in [0.25, 0.3) is 5.91 Å². The number of halogens is 1. The fourth-order valence-electron chi connectivity index (χ4n) is 3.23. The monoisotopic (exact) mass is 577 g/mol. The molecule has 2 aromatic rings. The van der Waals surface area contributed by atoms with Crippen molar-refractivity contribution in [1.82, 2.24) is 10.2 Å². The minimum absolute atomic E-state index is 0.0581. The van der Waals surface area contributed by atoms with Gasteiger partial charge in [0.15, 0.2) is 6.61 Å². The van der Waals surface area contributed by atoms with Crippen molar-refractivity contribution in [3.63, 3.8) is 0 Å². The van der Waals surface area contributed by atoms with Gasteiger partial charge >= 0.3 is 12.0 Å². The number of carbonyl (C=O) groups excluding carboxylic acids is 4. The molecule has 1 aliphatic heterocycles. The lowest BCUT2D eigenvalue weighted by Gasteiger charge is -2.13. The molecule has 34 heavy (non-hydrogen) atoms. The Bertz CT molecular complexity index is 1150. The Morgan fingerprint density at radius 2 is 1.91 bits per heavy atom. The molecule has 178 valence electrons. The van der Waals surface area contributed by atoms with Gasteiger partial charge in [-0.3, -0.25) is 9.59 Å².